The van der Waals surface area contributed by atoms with Crippen LogP contribution in [0.25, 0.3) is 11.0 Å². The van der Waals surface area contributed by atoms with E-state index >= 15 is 0 Å². The highest BCUT2D eigenvalue weighted by molar-refractivity contribution is 6.42. The van der Waals surface area contributed by atoms with Gasteiger partial charge in [-0.15, -0.1) is 0 Å². The molecule has 3 aromatic carbocycles. The van der Waals surface area contributed by atoms with Crippen LogP contribution in [0.4, 0.5) is 5.69 Å². The van der Waals surface area contributed by atoms with E-state index in [1.807, 2.05) is 0 Å². The molecular weight excluding hydrogens is 473 g/mol. The van der Waals surface area contributed by atoms with Crippen molar-refractivity contribution in [1.82, 2.24) is 0 Å². The maximum absolute atomic E-state index is 13.6. The van der Waals surface area contributed by atoms with Crippen LogP contribution in [-0.4, -0.2) is 13.0 Å². The number of fused-ring (bicyclic) bond motifs is 2. The van der Waals surface area contributed by atoms with Gasteiger partial charge in [0.15, 0.2) is 5.43 Å². The van der Waals surface area contributed by atoms with Crippen LogP contribution in [-0.2, 0) is 0 Å². The number of amides is 1. The number of anilines is 1. The van der Waals surface area contributed by atoms with Crippen LogP contribution in [0.3, 0.4) is 0 Å². The molecule has 1 aromatic heterocycles. The van der Waals surface area contributed by atoms with Gasteiger partial charge in [-0.1, -0.05) is 40.9 Å². The van der Waals surface area contributed by atoms with Crippen molar-refractivity contribution in [1.29, 1.82) is 0 Å². The molecule has 5 rings (SSSR count). The number of rotatable bonds is 3. The van der Waals surface area contributed by atoms with Gasteiger partial charge in [0.1, 0.15) is 11.3 Å². The number of hydrogen-bond donors (Lipinski definition) is 0. The highest BCUT2D eigenvalue weighted by atomic mass is 35.5. The van der Waals surface area contributed by atoms with E-state index in [4.69, 9.17) is 44.0 Å². The molecule has 0 spiro atoms. The van der Waals surface area contributed by atoms with Crippen molar-refractivity contribution < 1.29 is 13.9 Å². The summed E-state index contributed by atoms with van der Waals surface area (Å²) >= 11 is 18.5. The third kappa shape index (κ3) is 3.25. The van der Waals surface area contributed by atoms with Crippen LogP contribution in [0.15, 0.2) is 69.9 Å². The summed E-state index contributed by atoms with van der Waals surface area (Å²) in [5.74, 6) is 0.186. The van der Waals surface area contributed by atoms with Gasteiger partial charge in [-0.05, 0) is 60.2 Å². The van der Waals surface area contributed by atoms with Gasteiger partial charge < -0.3 is 9.15 Å². The van der Waals surface area contributed by atoms with Gasteiger partial charge in [-0.3, -0.25) is 14.5 Å². The second kappa shape index (κ2) is 7.85. The summed E-state index contributed by atoms with van der Waals surface area (Å²) in [4.78, 5) is 28.6. The van der Waals surface area contributed by atoms with Gasteiger partial charge in [0.2, 0.25) is 5.76 Å². The SMILES string of the molecule is COc1ccc(N2C(=O)c3oc4ccc(Cl)cc4c(=O)c3C2c2ccc(Cl)c(Cl)c2)cc1. The molecule has 8 heteroatoms. The lowest BCUT2D eigenvalue weighted by Crippen LogP contribution is -2.29. The molecule has 160 valence electrons. The van der Waals surface area contributed by atoms with Gasteiger partial charge in [0.25, 0.3) is 5.91 Å². The van der Waals surface area contributed by atoms with Crippen molar-refractivity contribution >= 4 is 57.4 Å². The Labute approximate surface area is 197 Å². The second-order valence-electron chi connectivity index (χ2n) is 7.26. The lowest BCUT2D eigenvalue weighted by atomic mass is 9.98. The lowest BCUT2D eigenvalue weighted by molar-refractivity contribution is 0.0971. The molecule has 0 bridgehead atoms. The molecule has 1 unspecified atom stereocenters. The summed E-state index contributed by atoms with van der Waals surface area (Å²) < 4.78 is 11.1. The first kappa shape index (κ1) is 20.9. The number of carbonyl (C=O) groups excluding carboxylic acids is 1. The third-order valence-electron chi connectivity index (χ3n) is 5.44. The minimum atomic E-state index is -0.764. The molecule has 32 heavy (non-hydrogen) atoms. The molecule has 5 nitrogen and oxygen atoms in total. The monoisotopic (exact) mass is 485 g/mol. The fourth-order valence-electron chi connectivity index (χ4n) is 3.95. The van der Waals surface area contributed by atoms with Crippen molar-refractivity contribution in [3.05, 3.63) is 103 Å². The zero-order valence-electron chi connectivity index (χ0n) is 16.6. The highest BCUT2D eigenvalue weighted by Gasteiger charge is 2.43. The van der Waals surface area contributed by atoms with E-state index in [0.29, 0.717) is 37.5 Å². The molecule has 0 radical (unpaired) electrons. The Morgan fingerprint density at radius 2 is 1.66 bits per heavy atom. The van der Waals surface area contributed by atoms with Gasteiger partial charge in [0.05, 0.1) is 34.1 Å². The molecule has 1 aliphatic heterocycles. The average molecular weight is 487 g/mol. The highest BCUT2D eigenvalue weighted by Crippen LogP contribution is 2.42. The van der Waals surface area contributed by atoms with E-state index in [1.54, 1.807) is 61.7 Å². The smallest absolute Gasteiger partial charge is 0.295 e. The number of hydrogen-bond acceptors (Lipinski definition) is 4. The Bertz CT molecular complexity index is 1450. The van der Waals surface area contributed by atoms with Crippen molar-refractivity contribution in [3.8, 4) is 5.75 Å². The first-order chi connectivity index (χ1) is 15.4. The molecule has 0 fully saturated rings. The van der Waals surface area contributed by atoms with Crippen molar-refractivity contribution in [3.63, 3.8) is 0 Å². The topological polar surface area (TPSA) is 59.8 Å². The number of nitrogens with zero attached hydrogens (tertiary/aromatic N) is 1. The number of carbonyl (C=O) groups is 1. The molecular formula is C24H14Cl3NO4. The third-order valence-corrected chi connectivity index (χ3v) is 6.42. The first-order valence-corrected chi connectivity index (χ1v) is 10.7. The molecule has 0 aliphatic carbocycles. The van der Waals surface area contributed by atoms with Gasteiger partial charge in [-0.2, -0.15) is 0 Å². The summed E-state index contributed by atoms with van der Waals surface area (Å²) in [7, 11) is 1.56. The van der Waals surface area contributed by atoms with E-state index in [-0.39, 0.29) is 22.3 Å². The van der Waals surface area contributed by atoms with Crippen molar-refractivity contribution in [2.45, 2.75) is 6.04 Å². The summed E-state index contributed by atoms with van der Waals surface area (Å²) in [6.45, 7) is 0. The minimum absolute atomic E-state index is 0.0169. The van der Waals surface area contributed by atoms with Crippen LogP contribution >= 0.6 is 34.8 Å². The molecule has 4 aromatic rings. The molecule has 1 atom stereocenters. The van der Waals surface area contributed by atoms with E-state index < -0.39 is 11.9 Å². The number of ether oxygens (including phenoxy) is 1. The van der Waals surface area contributed by atoms with Crippen LogP contribution in [0.1, 0.15) is 27.7 Å². The van der Waals surface area contributed by atoms with Gasteiger partial charge in [0, 0.05) is 10.7 Å². The molecule has 1 aliphatic rings. The fraction of sp³-hybridized carbons (Fsp3) is 0.0833. The largest absolute Gasteiger partial charge is 0.497 e. The van der Waals surface area contributed by atoms with Crippen LogP contribution in [0.2, 0.25) is 15.1 Å². The molecule has 0 saturated heterocycles. The molecule has 0 saturated carbocycles. The van der Waals surface area contributed by atoms with E-state index in [1.165, 1.54) is 11.0 Å². The quantitative estimate of drug-likeness (QED) is 0.331. The minimum Gasteiger partial charge on any atom is -0.497 e. The first-order valence-electron chi connectivity index (χ1n) is 9.58. The zero-order valence-corrected chi connectivity index (χ0v) is 18.8. The second-order valence-corrected chi connectivity index (χ2v) is 8.51. The maximum Gasteiger partial charge on any atom is 0.295 e. The Morgan fingerprint density at radius 1 is 0.906 bits per heavy atom. The Balaban J connectivity index is 1.80. The molecule has 1 amide bonds. The average Bonchev–Trinajstić information content (AvgIpc) is 3.09. The van der Waals surface area contributed by atoms with E-state index in [9.17, 15) is 9.59 Å². The number of halogens is 3. The van der Waals surface area contributed by atoms with Gasteiger partial charge in [-0.25, -0.2) is 0 Å². The normalized spacial score (nSPS) is 15.3. The predicted molar refractivity (Wildman–Crippen MR) is 126 cm³/mol. The zero-order chi connectivity index (χ0) is 22.6. The van der Waals surface area contributed by atoms with Crippen molar-refractivity contribution in [2.75, 3.05) is 12.0 Å². The lowest BCUT2D eigenvalue weighted by Gasteiger charge is -2.25. The maximum atomic E-state index is 13.6. The summed E-state index contributed by atoms with van der Waals surface area (Å²) in [6.07, 6.45) is 0. The fourth-order valence-corrected chi connectivity index (χ4v) is 4.43. The summed E-state index contributed by atoms with van der Waals surface area (Å²) in [6, 6.07) is 15.9. The molecule has 0 N–H and O–H groups in total. The van der Waals surface area contributed by atoms with Gasteiger partial charge >= 0.3 is 0 Å². The van der Waals surface area contributed by atoms with E-state index in [2.05, 4.69) is 0 Å². The van der Waals surface area contributed by atoms with Crippen LogP contribution in [0, 0.1) is 0 Å². The Kier molecular flexibility index (Phi) is 5.13. The van der Waals surface area contributed by atoms with Crippen molar-refractivity contribution in [2.24, 2.45) is 0 Å². The number of benzene rings is 3. The molecule has 2 heterocycles. The Hall–Kier alpha value is -2.99. The summed E-state index contributed by atoms with van der Waals surface area (Å²) in [5, 5.41) is 1.37. The summed E-state index contributed by atoms with van der Waals surface area (Å²) in [5.41, 5.74) is 1.37. The predicted octanol–water partition coefficient (Wildman–Crippen LogP) is 6.51. The van der Waals surface area contributed by atoms with Crippen LogP contribution < -0.4 is 15.1 Å². The number of methoxy groups -OCH3 is 1. The Morgan fingerprint density at radius 3 is 2.34 bits per heavy atom. The van der Waals surface area contributed by atoms with E-state index in [0.717, 1.165) is 0 Å². The van der Waals surface area contributed by atoms with Crippen LogP contribution in [0.5, 0.6) is 5.75 Å². The standard InChI is InChI=1S/C24H14Cl3NO4/c1-31-15-6-4-14(5-7-15)28-21(12-2-8-17(26)18(27)10-12)20-22(29)16-11-13(25)3-9-19(16)32-23(20)24(28)30/h2-11,21H,1H3.